The minimum atomic E-state index is -0.237. The number of carbonyl (C=O) groups is 1. The maximum absolute atomic E-state index is 13.1. The highest BCUT2D eigenvalue weighted by Crippen LogP contribution is 2.30. The molecular weight excluding hydrogens is 410 g/mol. The van der Waals surface area contributed by atoms with Gasteiger partial charge in [0.05, 0.1) is 24.0 Å². The van der Waals surface area contributed by atoms with Crippen molar-refractivity contribution in [2.24, 2.45) is 0 Å². The fourth-order valence-electron chi connectivity index (χ4n) is 3.74. The van der Waals surface area contributed by atoms with Crippen molar-refractivity contribution in [3.05, 3.63) is 54.6 Å². The SMILES string of the molecule is CCC(Sc1nc2ccccc2c2nc(-c3ccccc3)nn12)C(=O)N1CCOCC1. The molecule has 4 aromatic rings. The third-order valence-electron chi connectivity index (χ3n) is 5.40. The quantitative estimate of drug-likeness (QED) is 0.353. The summed E-state index contributed by atoms with van der Waals surface area (Å²) in [4.78, 5) is 24.7. The van der Waals surface area contributed by atoms with Crippen LogP contribution in [0.3, 0.4) is 0 Å². The van der Waals surface area contributed by atoms with E-state index in [1.165, 1.54) is 11.8 Å². The van der Waals surface area contributed by atoms with Gasteiger partial charge in [-0.2, -0.15) is 4.52 Å². The number of para-hydroxylation sites is 1. The van der Waals surface area contributed by atoms with Gasteiger partial charge < -0.3 is 9.64 Å². The van der Waals surface area contributed by atoms with E-state index in [1.54, 1.807) is 4.52 Å². The van der Waals surface area contributed by atoms with Crippen molar-refractivity contribution in [3.8, 4) is 11.4 Å². The highest BCUT2D eigenvalue weighted by atomic mass is 32.2. The lowest BCUT2D eigenvalue weighted by Gasteiger charge is -2.29. The lowest BCUT2D eigenvalue weighted by Crippen LogP contribution is -2.44. The molecule has 0 saturated carbocycles. The summed E-state index contributed by atoms with van der Waals surface area (Å²) in [6.45, 7) is 4.49. The number of rotatable bonds is 5. The smallest absolute Gasteiger partial charge is 0.236 e. The van der Waals surface area contributed by atoms with Gasteiger partial charge in [-0.1, -0.05) is 61.2 Å². The van der Waals surface area contributed by atoms with E-state index in [0.717, 1.165) is 22.1 Å². The molecule has 0 bridgehead atoms. The summed E-state index contributed by atoms with van der Waals surface area (Å²) in [5.74, 6) is 0.774. The molecule has 0 N–H and O–H groups in total. The Balaban J connectivity index is 1.58. The zero-order valence-corrected chi connectivity index (χ0v) is 18.1. The van der Waals surface area contributed by atoms with Gasteiger partial charge in [0.2, 0.25) is 5.91 Å². The second-order valence-corrected chi connectivity index (χ2v) is 8.57. The average molecular weight is 434 g/mol. The minimum absolute atomic E-state index is 0.127. The van der Waals surface area contributed by atoms with Crippen molar-refractivity contribution in [2.75, 3.05) is 26.3 Å². The summed E-state index contributed by atoms with van der Waals surface area (Å²) in [5.41, 5.74) is 2.54. The maximum Gasteiger partial charge on any atom is 0.236 e. The van der Waals surface area contributed by atoms with Crippen molar-refractivity contribution >= 4 is 34.2 Å². The number of carbonyl (C=O) groups excluding carboxylic acids is 1. The molecule has 1 saturated heterocycles. The number of hydrogen-bond acceptors (Lipinski definition) is 6. The summed E-state index contributed by atoms with van der Waals surface area (Å²) in [6.07, 6.45) is 0.705. The van der Waals surface area contributed by atoms with E-state index in [9.17, 15) is 4.79 Å². The van der Waals surface area contributed by atoms with E-state index in [4.69, 9.17) is 19.8 Å². The predicted octanol–water partition coefficient (Wildman–Crippen LogP) is 3.67. The van der Waals surface area contributed by atoms with Crippen LogP contribution in [0.1, 0.15) is 13.3 Å². The summed E-state index contributed by atoms with van der Waals surface area (Å²) in [5, 5.41) is 6.15. The molecule has 0 radical (unpaired) electrons. The number of fused-ring (bicyclic) bond motifs is 3. The van der Waals surface area contributed by atoms with Crippen molar-refractivity contribution in [3.63, 3.8) is 0 Å². The van der Waals surface area contributed by atoms with Gasteiger partial charge in [0, 0.05) is 24.0 Å². The second-order valence-electron chi connectivity index (χ2n) is 7.40. The first kappa shape index (κ1) is 20.0. The zero-order valence-electron chi connectivity index (χ0n) is 17.3. The summed E-state index contributed by atoms with van der Waals surface area (Å²) >= 11 is 1.46. The van der Waals surface area contributed by atoms with Crippen LogP contribution in [0.15, 0.2) is 59.8 Å². The molecular formula is C23H23N5O2S. The number of hydrogen-bond donors (Lipinski definition) is 0. The molecule has 1 unspecified atom stereocenters. The predicted molar refractivity (Wildman–Crippen MR) is 121 cm³/mol. The van der Waals surface area contributed by atoms with E-state index in [-0.39, 0.29) is 11.2 Å². The first-order valence-electron chi connectivity index (χ1n) is 10.5. The standard InChI is InChI=1S/C23H23N5O2S/c1-2-19(22(29)27-12-14-30-15-13-27)31-23-24-18-11-7-6-10-17(18)21-25-20(26-28(21)23)16-8-4-3-5-9-16/h3-11,19H,2,12-15H2,1H3. The topological polar surface area (TPSA) is 72.6 Å². The lowest BCUT2D eigenvalue weighted by atomic mass is 10.2. The Morgan fingerprint density at radius 2 is 1.81 bits per heavy atom. The largest absolute Gasteiger partial charge is 0.378 e. The van der Waals surface area contributed by atoms with Crippen LogP contribution < -0.4 is 0 Å². The van der Waals surface area contributed by atoms with E-state index in [0.29, 0.717) is 43.7 Å². The van der Waals surface area contributed by atoms with Gasteiger partial charge >= 0.3 is 0 Å². The highest BCUT2D eigenvalue weighted by molar-refractivity contribution is 8.00. The number of nitrogens with zero attached hydrogens (tertiary/aromatic N) is 5. The molecule has 1 amide bonds. The molecule has 158 valence electrons. The van der Waals surface area contributed by atoms with E-state index >= 15 is 0 Å². The van der Waals surface area contributed by atoms with Crippen LogP contribution in [0.25, 0.3) is 27.9 Å². The molecule has 7 nitrogen and oxygen atoms in total. The normalized spacial score (nSPS) is 15.5. The van der Waals surface area contributed by atoms with Crippen molar-refractivity contribution < 1.29 is 9.53 Å². The zero-order chi connectivity index (χ0) is 21.2. The van der Waals surface area contributed by atoms with Crippen LogP contribution in [-0.2, 0) is 9.53 Å². The van der Waals surface area contributed by atoms with Gasteiger partial charge in [-0.3, -0.25) is 4.79 Å². The second kappa shape index (κ2) is 8.64. The Hall–Kier alpha value is -2.97. The van der Waals surface area contributed by atoms with Crippen molar-refractivity contribution in [1.82, 2.24) is 24.5 Å². The minimum Gasteiger partial charge on any atom is -0.378 e. The summed E-state index contributed by atoms with van der Waals surface area (Å²) in [7, 11) is 0. The molecule has 2 aromatic carbocycles. The average Bonchev–Trinajstić information content (AvgIpc) is 3.29. The summed E-state index contributed by atoms with van der Waals surface area (Å²) < 4.78 is 7.18. The molecule has 0 aliphatic carbocycles. The first-order valence-corrected chi connectivity index (χ1v) is 11.4. The van der Waals surface area contributed by atoms with Crippen LogP contribution in [0, 0.1) is 0 Å². The van der Waals surface area contributed by atoms with Gasteiger partial charge in [0.1, 0.15) is 0 Å². The molecule has 1 aliphatic heterocycles. The number of morpholine rings is 1. The maximum atomic E-state index is 13.1. The molecule has 3 heterocycles. The van der Waals surface area contributed by atoms with Gasteiger partial charge in [-0.25, -0.2) is 9.97 Å². The van der Waals surface area contributed by atoms with E-state index in [1.807, 2.05) is 66.4 Å². The molecule has 5 rings (SSSR count). The number of aromatic nitrogens is 4. The van der Waals surface area contributed by atoms with E-state index < -0.39 is 0 Å². The Labute approximate surface area is 184 Å². The fraction of sp³-hybridized carbons (Fsp3) is 0.304. The van der Waals surface area contributed by atoms with Gasteiger partial charge in [0.15, 0.2) is 16.6 Å². The number of amides is 1. The highest BCUT2D eigenvalue weighted by Gasteiger charge is 2.27. The third-order valence-corrected chi connectivity index (χ3v) is 6.69. The van der Waals surface area contributed by atoms with Crippen LogP contribution in [0.2, 0.25) is 0 Å². The van der Waals surface area contributed by atoms with Crippen LogP contribution in [0.4, 0.5) is 0 Å². The molecule has 8 heteroatoms. The van der Waals surface area contributed by atoms with Crippen molar-refractivity contribution in [2.45, 2.75) is 23.8 Å². The monoisotopic (exact) mass is 433 g/mol. The number of ether oxygens (including phenoxy) is 1. The third kappa shape index (κ3) is 3.88. The fourth-order valence-corrected chi connectivity index (χ4v) is 4.79. The van der Waals surface area contributed by atoms with Gasteiger partial charge in [-0.05, 0) is 18.6 Å². The lowest BCUT2D eigenvalue weighted by molar-refractivity contribution is -0.134. The Bertz CT molecular complexity index is 1220. The molecule has 1 fully saturated rings. The van der Waals surface area contributed by atoms with Crippen molar-refractivity contribution in [1.29, 1.82) is 0 Å². The molecule has 1 aliphatic rings. The van der Waals surface area contributed by atoms with Crippen LogP contribution in [-0.4, -0.2) is 61.9 Å². The Morgan fingerprint density at radius 1 is 1.06 bits per heavy atom. The van der Waals surface area contributed by atoms with Crippen LogP contribution in [0.5, 0.6) is 0 Å². The number of thioether (sulfide) groups is 1. The van der Waals surface area contributed by atoms with Gasteiger partial charge in [-0.15, -0.1) is 5.10 Å². The first-order chi connectivity index (χ1) is 15.2. The van der Waals surface area contributed by atoms with Gasteiger partial charge in [0.25, 0.3) is 0 Å². The molecule has 31 heavy (non-hydrogen) atoms. The van der Waals surface area contributed by atoms with E-state index in [2.05, 4.69) is 0 Å². The molecule has 1 atom stereocenters. The molecule has 0 spiro atoms. The number of benzene rings is 2. The Morgan fingerprint density at radius 3 is 2.58 bits per heavy atom. The Kier molecular flexibility index (Phi) is 5.57. The molecule has 2 aromatic heterocycles. The van der Waals surface area contributed by atoms with Crippen LogP contribution >= 0.6 is 11.8 Å². The summed E-state index contributed by atoms with van der Waals surface area (Å²) in [6, 6.07) is 17.8.